The number of thiophene rings is 2. The minimum atomic E-state index is -1.21. The van der Waals surface area contributed by atoms with E-state index in [2.05, 4.69) is 25.9 Å². The zero-order valence-corrected chi connectivity index (χ0v) is 43.9. The average molecular weight is 1120 g/mol. The summed E-state index contributed by atoms with van der Waals surface area (Å²) < 4.78 is 22.2. The molecule has 0 fully saturated rings. The van der Waals surface area contributed by atoms with Crippen LogP contribution in [0.25, 0.3) is 20.4 Å². The first-order valence-corrected chi connectivity index (χ1v) is 24.6. The number of aromatic carboxylic acids is 1. The summed E-state index contributed by atoms with van der Waals surface area (Å²) in [7, 11) is 0. The topological polar surface area (TPSA) is 291 Å². The molecule has 0 aliphatic rings. The molecule has 0 saturated carbocycles. The van der Waals surface area contributed by atoms with E-state index in [1.807, 2.05) is 109 Å². The summed E-state index contributed by atoms with van der Waals surface area (Å²) in [6, 6.07) is 41.0. The first-order valence-electron chi connectivity index (χ1n) is 23.0. The van der Waals surface area contributed by atoms with Gasteiger partial charge in [-0.1, -0.05) is 129 Å². The van der Waals surface area contributed by atoms with Gasteiger partial charge in [-0.15, -0.1) is 35.1 Å². The number of hydrogen-bond donors (Lipinski definition) is 6. The maximum atomic E-state index is 12.8. The zero-order chi connectivity index (χ0) is 53.4. The summed E-state index contributed by atoms with van der Waals surface area (Å²) in [5.41, 5.74) is 11.3. The molecule has 0 radical (unpaired) electrons. The minimum absolute atomic E-state index is 0. The third-order valence-electron chi connectivity index (χ3n) is 10.5. The van der Waals surface area contributed by atoms with Crippen molar-refractivity contribution < 1.29 is 81.9 Å². The number of aromatic nitrogens is 2. The fourth-order valence-electron chi connectivity index (χ4n) is 6.60. The van der Waals surface area contributed by atoms with Crippen molar-refractivity contribution in [1.82, 2.24) is 25.9 Å². The van der Waals surface area contributed by atoms with Crippen LogP contribution in [0.5, 0.6) is 0 Å². The van der Waals surface area contributed by atoms with Gasteiger partial charge in [0.15, 0.2) is 0 Å². The maximum absolute atomic E-state index is 12.8. The van der Waals surface area contributed by atoms with Crippen LogP contribution >= 0.6 is 35.1 Å². The average Bonchev–Trinajstić information content (AvgIpc) is 4.14. The predicted molar refractivity (Wildman–Crippen MR) is 290 cm³/mol. The van der Waals surface area contributed by atoms with Crippen LogP contribution in [0.4, 0.5) is 9.59 Å². The first-order chi connectivity index (χ1) is 36.4. The molecule has 7 N–H and O–H groups in total. The summed E-state index contributed by atoms with van der Waals surface area (Å²) in [6.45, 7) is -0.323. The number of rotatable bonds is 19. The number of carbonyl (C=O) groups excluding carboxylic acids is 6. The van der Waals surface area contributed by atoms with Gasteiger partial charge in [-0.25, -0.2) is 19.2 Å². The Morgan fingerprint density at radius 2 is 0.910 bits per heavy atom. The number of aliphatic hydroxyl groups is 2. The van der Waals surface area contributed by atoms with Gasteiger partial charge in [0.25, 0.3) is 5.91 Å². The number of carbonyl (C=O) groups is 6. The number of halogens is 1. The molecule has 0 bridgehead atoms. The number of esters is 2. The van der Waals surface area contributed by atoms with Crippen LogP contribution in [0.3, 0.4) is 0 Å². The van der Waals surface area contributed by atoms with Crippen LogP contribution in [-0.4, -0.2) is 81.4 Å². The number of amides is 3. The van der Waals surface area contributed by atoms with Crippen LogP contribution in [0.2, 0.25) is 0 Å². The van der Waals surface area contributed by atoms with E-state index in [-0.39, 0.29) is 96.3 Å². The van der Waals surface area contributed by atoms with Gasteiger partial charge in [0.1, 0.15) is 38.5 Å². The van der Waals surface area contributed by atoms with Crippen LogP contribution < -0.4 is 45.7 Å². The van der Waals surface area contributed by atoms with Gasteiger partial charge in [-0.3, -0.25) is 14.8 Å². The van der Waals surface area contributed by atoms with Gasteiger partial charge in [-0.2, -0.15) is 0 Å². The Kier molecular flexibility index (Phi) is 28.3. The second-order valence-electron chi connectivity index (χ2n) is 15.8. The van der Waals surface area contributed by atoms with E-state index in [0.717, 1.165) is 33.6 Å². The molecule has 3 amide bonds. The van der Waals surface area contributed by atoms with Crippen molar-refractivity contribution in [2.24, 2.45) is 5.73 Å². The maximum Gasteiger partial charge on any atom is 1.00 e. The Balaban J connectivity index is 0.000000335. The zero-order valence-electron chi connectivity index (χ0n) is 41.4. The normalized spacial score (nSPS) is 10.9. The number of fused-ring (bicyclic) bond motifs is 2. The van der Waals surface area contributed by atoms with E-state index in [1.54, 1.807) is 42.7 Å². The molecule has 4 heterocycles. The standard InChI is InChI=1S/C27H25N3O6S.C18H20N2O4.C9H7NO3S.CH4.ClH.Li/c31-15-20-11-12-28-21-13-23(37-24(20)21)25(32)29-14-22(26(33)35-16-18-7-3-1-4-8-18)30-27(34)36-17-19-9-5-2-6-10-19;19-11-16(17(21)23-12-14-7-3-1-4-8-14)20-18(22)24-13-15-9-5-2-6-10-15;11-4-5-1-2-10-6-3-7(9(12)13)14-8(5)6;;;/h1-13,22,31H,14-17H2,(H,29,32)(H,30,34);1-10,16H,11-13,19H2,(H,20,22);1-3,11H,4H2,(H,12,13);1H4;1H;/q;;;;;+1/p-1/t22-;16-;;;;/m11..../s1. The largest absolute Gasteiger partial charge is 1.00 e. The molecule has 8 rings (SSSR count). The van der Waals surface area contributed by atoms with E-state index in [4.69, 9.17) is 29.8 Å². The molecule has 8 aromatic rings. The van der Waals surface area contributed by atoms with Gasteiger partial charge in [0.05, 0.1) is 49.4 Å². The summed E-state index contributed by atoms with van der Waals surface area (Å²) in [5.74, 6) is -2.98. The molecule has 23 heteroatoms. The Morgan fingerprint density at radius 1 is 0.551 bits per heavy atom. The summed E-state index contributed by atoms with van der Waals surface area (Å²) in [6.07, 6.45) is 1.57. The van der Waals surface area contributed by atoms with E-state index < -0.39 is 48.1 Å². The predicted octanol–water partition coefficient (Wildman–Crippen LogP) is 3.75. The first kappa shape index (κ1) is 64.6. The Bertz CT molecular complexity index is 3140. The monoisotopic (exact) mass is 1110 g/mol. The molecule has 2 atom stereocenters. The molecular weight excluding hydrogens is 1060 g/mol. The van der Waals surface area contributed by atoms with Crippen molar-refractivity contribution in [1.29, 1.82) is 0 Å². The summed E-state index contributed by atoms with van der Waals surface area (Å²) in [5, 5.41) is 36.7. The molecule has 0 saturated heterocycles. The number of nitrogens with zero attached hydrogens (tertiary/aromatic N) is 2. The molecule has 19 nitrogen and oxygen atoms in total. The fourth-order valence-corrected chi connectivity index (χ4v) is 8.59. The van der Waals surface area contributed by atoms with Gasteiger partial charge in [0, 0.05) is 25.5 Å². The molecule has 4 aromatic carbocycles. The Hall–Kier alpha value is -7.71. The Labute approximate surface area is 475 Å². The van der Waals surface area contributed by atoms with Gasteiger partial charge < -0.3 is 60.7 Å². The van der Waals surface area contributed by atoms with Crippen molar-refractivity contribution in [2.45, 2.75) is 59.2 Å². The molecule has 78 heavy (non-hydrogen) atoms. The third-order valence-corrected chi connectivity index (χ3v) is 12.9. The number of carboxylic acids is 1. The van der Waals surface area contributed by atoms with Crippen LogP contribution in [0.15, 0.2) is 158 Å². The number of ether oxygens (including phenoxy) is 4. The van der Waals surface area contributed by atoms with Crippen molar-refractivity contribution in [3.8, 4) is 0 Å². The van der Waals surface area contributed by atoms with Crippen molar-refractivity contribution >= 4 is 91.5 Å². The quantitative estimate of drug-likeness (QED) is 0.0382. The van der Waals surface area contributed by atoms with Gasteiger partial charge >= 0.3 is 43.0 Å². The molecule has 404 valence electrons. The number of carboxylic acid groups (broad SMARTS) is 1. The van der Waals surface area contributed by atoms with Crippen molar-refractivity contribution in [2.75, 3.05) is 13.1 Å². The van der Waals surface area contributed by atoms with Gasteiger partial charge in [0.2, 0.25) is 0 Å². The number of nitrogens with one attached hydrogen (secondary N) is 3. The van der Waals surface area contributed by atoms with Crippen molar-refractivity contribution in [3.63, 3.8) is 0 Å². The van der Waals surface area contributed by atoms with E-state index in [9.17, 15) is 39.0 Å². The van der Waals surface area contributed by atoms with E-state index >= 15 is 0 Å². The number of alkyl carbamates (subject to hydrolysis) is 2. The smallest absolute Gasteiger partial charge is 0.544 e. The summed E-state index contributed by atoms with van der Waals surface area (Å²) >= 11 is 2.25. The molecule has 0 aliphatic heterocycles. The number of aliphatic hydroxyl groups excluding tert-OH is 2. The summed E-state index contributed by atoms with van der Waals surface area (Å²) in [4.78, 5) is 81.1. The van der Waals surface area contributed by atoms with Crippen LogP contribution in [0.1, 0.15) is 60.2 Å². The molecular formula is C55H56ClLiN6O13S2. The van der Waals surface area contributed by atoms with E-state index in [0.29, 0.717) is 36.4 Å². The molecule has 0 unspecified atom stereocenters. The molecule has 0 spiro atoms. The second-order valence-corrected chi connectivity index (χ2v) is 17.9. The second kappa shape index (κ2) is 34.1. The van der Waals surface area contributed by atoms with Crippen LogP contribution in [0, 0.1) is 0 Å². The number of nitrogens with two attached hydrogens (primary N) is 1. The van der Waals surface area contributed by atoms with Crippen LogP contribution in [-0.2, 0) is 68.2 Å². The molecule has 0 aliphatic carbocycles. The number of hydrogen-bond acceptors (Lipinski definition) is 18. The number of benzene rings is 4. The third kappa shape index (κ3) is 20.3. The Morgan fingerprint density at radius 3 is 1.29 bits per heavy atom. The fraction of sp³-hybridized carbons (Fsp3) is 0.200. The van der Waals surface area contributed by atoms with Crippen molar-refractivity contribution in [3.05, 3.63) is 201 Å². The minimum Gasteiger partial charge on any atom is -0.544 e. The SMILES string of the molecule is C.Cl.NC[C@@H](NC(=O)OCc1ccccc1)C(=O)OCc1ccccc1.O=C(N[C@H](CNC(=O)c1cc2nccc(CO)c2s1)C(=O)OCc1ccccc1)OCc1ccccc1.O=C([O-])c1cc2nccc(CO)c2s1.[Li+]. The van der Waals surface area contributed by atoms with E-state index in [1.165, 1.54) is 17.4 Å². The molecule has 4 aromatic heterocycles. The number of pyridine rings is 2. The van der Waals surface area contributed by atoms with Gasteiger partial charge in [-0.05, 0) is 57.6 Å².